The second-order valence-corrected chi connectivity index (χ2v) is 6.17. The summed E-state index contributed by atoms with van der Waals surface area (Å²) in [6, 6.07) is 6.71. The number of hydrogen-bond donors (Lipinski definition) is 2. The summed E-state index contributed by atoms with van der Waals surface area (Å²) in [5, 5.41) is 11.7. The SMILES string of the molecule is O=C(Nc1cccc(OCC(=O)N2CCCC2)c1)[C@H]1C=C[C@H]1C(=O)O. The molecule has 0 bridgehead atoms. The van der Waals surface area contributed by atoms with Crippen molar-refractivity contribution < 1.29 is 24.2 Å². The Morgan fingerprint density at radius 1 is 1.16 bits per heavy atom. The van der Waals surface area contributed by atoms with E-state index in [1.165, 1.54) is 6.08 Å². The first-order valence-corrected chi connectivity index (χ1v) is 8.27. The van der Waals surface area contributed by atoms with Crippen molar-refractivity contribution >= 4 is 23.5 Å². The van der Waals surface area contributed by atoms with Gasteiger partial charge in [-0.15, -0.1) is 0 Å². The molecule has 0 unspecified atom stereocenters. The first kappa shape index (κ1) is 17.0. The summed E-state index contributed by atoms with van der Waals surface area (Å²) in [7, 11) is 0. The van der Waals surface area contributed by atoms with Gasteiger partial charge in [0.1, 0.15) is 5.75 Å². The van der Waals surface area contributed by atoms with E-state index in [2.05, 4.69) is 5.32 Å². The Hall–Kier alpha value is -2.83. The van der Waals surface area contributed by atoms with Crippen molar-refractivity contribution in [3.8, 4) is 5.75 Å². The van der Waals surface area contributed by atoms with Gasteiger partial charge in [-0.05, 0) is 25.0 Å². The average Bonchev–Trinajstić information content (AvgIpc) is 3.05. The molecule has 1 aromatic carbocycles. The van der Waals surface area contributed by atoms with Crippen LogP contribution in [-0.2, 0) is 14.4 Å². The Morgan fingerprint density at radius 3 is 2.52 bits per heavy atom. The van der Waals surface area contributed by atoms with E-state index in [-0.39, 0.29) is 18.4 Å². The maximum absolute atomic E-state index is 12.1. The zero-order chi connectivity index (χ0) is 17.8. The fourth-order valence-corrected chi connectivity index (χ4v) is 2.91. The molecule has 0 saturated carbocycles. The number of carboxylic acid groups (broad SMARTS) is 1. The monoisotopic (exact) mass is 344 g/mol. The predicted molar refractivity (Wildman–Crippen MR) is 90.1 cm³/mol. The number of nitrogens with zero attached hydrogens (tertiary/aromatic N) is 1. The third kappa shape index (κ3) is 3.99. The van der Waals surface area contributed by atoms with E-state index >= 15 is 0 Å². The molecule has 3 rings (SSSR count). The highest BCUT2D eigenvalue weighted by atomic mass is 16.5. The Bertz CT molecular complexity index is 709. The van der Waals surface area contributed by atoms with Crippen LogP contribution in [0.15, 0.2) is 36.4 Å². The van der Waals surface area contributed by atoms with Crippen LogP contribution in [0.4, 0.5) is 5.69 Å². The highest BCUT2D eigenvalue weighted by Crippen LogP contribution is 2.27. The number of likely N-dealkylation sites (tertiary alicyclic amines) is 1. The molecule has 2 amide bonds. The third-order valence-corrected chi connectivity index (χ3v) is 4.42. The molecule has 7 heteroatoms. The molecule has 1 aromatic rings. The van der Waals surface area contributed by atoms with Crippen LogP contribution in [0.5, 0.6) is 5.75 Å². The number of amides is 2. The van der Waals surface area contributed by atoms with E-state index in [1.54, 1.807) is 35.2 Å². The molecule has 2 N–H and O–H groups in total. The number of aliphatic carboxylic acids is 1. The summed E-state index contributed by atoms with van der Waals surface area (Å²) < 4.78 is 5.51. The number of carboxylic acids is 1. The van der Waals surface area contributed by atoms with E-state index in [4.69, 9.17) is 9.84 Å². The van der Waals surface area contributed by atoms with Gasteiger partial charge in [-0.1, -0.05) is 18.2 Å². The van der Waals surface area contributed by atoms with Crippen molar-refractivity contribution in [2.45, 2.75) is 12.8 Å². The van der Waals surface area contributed by atoms with Crippen LogP contribution in [0.25, 0.3) is 0 Å². The summed E-state index contributed by atoms with van der Waals surface area (Å²) in [4.78, 5) is 36.9. The zero-order valence-electron chi connectivity index (χ0n) is 13.7. The van der Waals surface area contributed by atoms with Crippen molar-refractivity contribution in [3.63, 3.8) is 0 Å². The van der Waals surface area contributed by atoms with Crippen LogP contribution in [0.3, 0.4) is 0 Å². The number of benzene rings is 1. The number of anilines is 1. The summed E-state index contributed by atoms with van der Waals surface area (Å²) in [5.41, 5.74) is 0.501. The summed E-state index contributed by atoms with van der Waals surface area (Å²) in [5.74, 6) is -2.41. The molecule has 1 heterocycles. The standard InChI is InChI=1S/C18H20N2O5/c21-16(20-8-1-2-9-20)11-25-13-5-3-4-12(10-13)19-17(22)14-6-7-15(14)18(23)24/h3-7,10,14-15H,1-2,8-9,11H2,(H,19,22)(H,23,24)/t14-,15+/m0/s1. The van der Waals surface area contributed by atoms with Gasteiger partial charge in [-0.3, -0.25) is 14.4 Å². The smallest absolute Gasteiger partial charge is 0.311 e. The van der Waals surface area contributed by atoms with Crippen LogP contribution in [0.1, 0.15) is 12.8 Å². The van der Waals surface area contributed by atoms with Gasteiger partial charge in [0.2, 0.25) is 5.91 Å². The lowest BCUT2D eigenvalue weighted by molar-refractivity contribution is -0.144. The minimum absolute atomic E-state index is 0.0378. The lowest BCUT2D eigenvalue weighted by Gasteiger charge is -2.24. The number of nitrogens with one attached hydrogen (secondary N) is 1. The lowest BCUT2D eigenvalue weighted by atomic mass is 9.81. The van der Waals surface area contributed by atoms with Crippen molar-refractivity contribution in [2.75, 3.05) is 25.0 Å². The van der Waals surface area contributed by atoms with Gasteiger partial charge >= 0.3 is 5.97 Å². The molecular formula is C18H20N2O5. The number of ether oxygens (including phenoxy) is 1. The van der Waals surface area contributed by atoms with Crippen molar-refractivity contribution in [1.82, 2.24) is 4.90 Å². The van der Waals surface area contributed by atoms with Gasteiger partial charge in [0.15, 0.2) is 6.61 Å². The molecule has 2 atom stereocenters. The molecular weight excluding hydrogens is 324 g/mol. The number of carbonyl (C=O) groups is 3. The van der Waals surface area contributed by atoms with Gasteiger partial charge in [0, 0.05) is 24.8 Å². The van der Waals surface area contributed by atoms with Crippen molar-refractivity contribution in [2.24, 2.45) is 11.8 Å². The third-order valence-electron chi connectivity index (χ3n) is 4.42. The molecule has 132 valence electrons. The largest absolute Gasteiger partial charge is 0.484 e. The van der Waals surface area contributed by atoms with Crippen LogP contribution in [0, 0.1) is 11.8 Å². The van der Waals surface area contributed by atoms with E-state index in [9.17, 15) is 14.4 Å². The van der Waals surface area contributed by atoms with Crippen molar-refractivity contribution in [1.29, 1.82) is 0 Å². The average molecular weight is 344 g/mol. The van der Waals surface area contributed by atoms with Gasteiger partial charge in [0.25, 0.3) is 5.91 Å². The van der Waals surface area contributed by atoms with E-state index < -0.39 is 17.8 Å². The molecule has 25 heavy (non-hydrogen) atoms. The molecule has 1 saturated heterocycles. The molecule has 1 aliphatic heterocycles. The minimum atomic E-state index is -1.01. The Balaban J connectivity index is 1.54. The first-order chi connectivity index (χ1) is 12.0. The molecule has 1 fully saturated rings. The Labute approximate surface area is 145 Å². The fraction of sp³-hybridized carbons (Fsp3) is 0.389. The van der Waals surface area contributed by atoms with Crippen LogP contribution in [0.2, 0.25) is 0 Å². The summed E-state index contributed by atoms with van der Waals surface area (Å²) in [6.07, 6.45) is 5.12. The predicted octanol–water partition coefficient (Wildman–Crippen LogP) is 1.51. The van der Waals surface area contributed by atoms with Crippen LogP contribution in [-0.4, -0.2) is 47.5 Å². The zero-order valence-corrected chi connectivity index (χ0v) is 13.7. The topological polar surface area (TPSA) is 95.9 Å². The number of hydrogen-bond acceptors (Lipinski definition) is 4. The molecule has 1 aliphatic carbocycles. The number of rotatable bonds is 6. The van der Waals surface area contributed by atoms with Gasteiger partial charge in [-0.25, -0.2) is 0 Å². The van der Waals surface area contributed by atoms with Crippen molar-refractivity contribution in [3.05, 3.63) is 36.4 Å². The maximum atomic E-state index is 12.1. The first-order valence-electron chi connectivity index (χ1n) is 8.27. The van der Waals surface area contributed by atoms with E-state index in [0.29, 0.717) is 11.4 Å². The lowest BCUT2D eigenvalue weighted by Crippen LogP contribution is -2.36. The fourth-order valence-electron chi connectivity index (χ4n) is 2.91. The van der Waals surface area contributed by atoms with Crippen LogP contribution >= 0.6 is 0 Å². The molecule has 0 spiro atoms. The number of carbonyl (C=O) groups excluding carboxylic acids is 2. The summed E-state index contributed by atoms with van der Waals surface area (Å²) >= 11 is 0. The van der Waals surface area contributed by atoms with E-state index in [0.717, 1.165) is 25.9 Å². The molecule has 7 nitrogen and oxygen atoms in total. The maximum Gasteiger partial charge on any atom is 0.311 e. The summed E-state index contributed by atoms with van der Waals surface area (Å²) in [6.45, 7) is 1.51. The van der Waals surface area contributed by atoms with Gasteiger partial charge < -0.3 is 20.1 Å². The quantitative estimate of drug-likeness (QED) is 0.763. The van der Waals surface area contributed by atoms with Gasteiger partial charge in [-0.2, -0.15) is 0 Å². The van der Waals surface area contributed by atoms with E-state index in [1.807, 2.05) is 0 Å². The normalized spacial score (nSPS) is 21.5. The molecule has 2 aliphatic rings. The van der Waals surface area contributed by atoms with Crippen LogP contribution < -0.4 is 10.1 Å². The molecule has 0 aromatic heterocycles. The molecule has 0 radical (unpaired) electrons. The minimum Gasteiger partial charge on any atom is -0.484 e. The Morgan fingerprint density at radius 2 is 1.88 bits per heavy atom. The van der Waals surface area contributed by atoms with Gasteiger partial charge in [0.05, 0.1) is 11.8 Å². The highest BCUT2D eigenvalue weighted by Gasteiger charge is 2.35. The second-order valence-electron chi connectivity index (χ2n) is 6.17. The Kier molecular flexibility index (Phi) is 5.02. The highest BCUT2D eigenvalue weighted by molar-refractivity contribution is 5.98. The second kappa shape index (κ2) is 7.38.